The number of hydrogen-bond acceptors (Lipinski definition) is 1. The molecule has 2 unspecified atom stereocenters. The Morgan fingerprint density at radius 2 is 1.57 bits per heavy atom. The van der Waals surface area contributed by atoms with Gasteiger partial charge in [-0.05, 0) is 30.2 Å². The summed E-state index contributed by atoms with van der Waals surface area (Å²) in [5.41, 5.74) is 0.433. The molecule has 0 aliphatic heterocycles. The molecule has 0 saturated carbocycles. The third-order valence-corrected chi connectivity index (χ3v) is 3.36. The molecular formula is C13H29N. The number of nitrogens with one attached hydrogen (secondary N) is 1. The van der Waals surface area contributed by atoms with E-state index >= 15 is 0 Å². The van der Waals surface area contributed by atoms with Gasteiger partial charge in [-0.15, -0.1) is 0 Å². The van der Waals surface area contributed by atoms with Gasteiger partial charge in [-0.1, -0.05) is 48.5 Å². The van der Waals surface area contributed by atoms with Crippen LogP contribution in [0.25, 0.3) is 0 Å². The summed E-state index contributed by atoms with van der Waals surface area (Å²) in [5.74, 6) is 1.51. The molecule has 0 aliphatic carbocycles. The zero-order valence-electron chi connectivity index (χ0n) is 11.1. The molecule has 0 bridgehead atoms. The van der Waals surface area contributed by atoms with E-state index in [1.165, 1.54) is 6.42 Å². The third kappa shape index (κ3) is 4.99. The summed E-state index contributed by atoms with van der Waals surface area (Å²) in [6.45, 7) is 17.3. The van der Waals surface area contributed by atoms with Crippen LogP contribution < -0.4 is 5.32 Å². The maximum Gasteiger partial charge on any atom is 0.00926 e. The van der Waals surface area contributed by atoms with E-state index in [1.54, 1.807) is 0 Å². The Morgan fingerprint density at radius 1 is 1.07 bits per heavy atom. The minimum absolute atomic E-state index is 0.433. The Bertz CT molecular complexity index is 144. The largest absolute Gasteiger partial charge is 0.314 e. The second kappa shape index (κ2) is 5.75. The van der Waals surface area contributed by atoms with E-state index in [0.29, 0.717) is 11.5 Å². The van der Waals surface area contributed by atoms with Crippen molar-refractivity contribution in [2.75, 3.05) is 6.54 Å². The second-order valence-electron chi connectivity index (χ2n) is 5.91. The van der Waals surface area contributed by atoms with Crippen LogP contribution in [0.4, 0.5) is 0 Å². The molecule has 86 valence electrons. The monoisotopic (exact) mass is 199 g/mol. The highest BCUT2D eigenvalue weighted by molar-refractivity contribution is 4.78. The molecule has 0 radical (unpaired) electrons. The van der Waals surface area contributed by atoms with Gasteiger partial charge in [-0.2, -0.15) is 0 Å². The maximum absolute atomic E-state index is 3.59. The molecule has 0 heterocycles. The first-order chi connectivity index (χ1) is 6.29. The molecule has 1 N–H and O–H groups in total. The quantitative estimate of drug-likeness (QED) is 0.712. The van der Waals surface area contributed by atoms with Gasteiger partial charge >= 0.3 is 0 Å². The molecule has 1 nitrogen and oxygen atoms in total. The topological polar surface area (TPSA) is 12.0 Å². The maximum atomic E-state index is 3.59. The van der Waals surface area contributed by atoms with Gasteiger partial charge in [0.25, 0.3) is 0 Å². The summed E-state index contributed by atoms with van der Waals surface area (Å²) in [6.07, 6.45) is 1.29. The van der Waals surface area contributed by atoms with Crippen LogP contribution in [0, 0.1) is 17.3 Å². The van der Waals surface area contributed by atoms with Crippen molar-refractivity contribution in [2.45, 2.75) is 60.9 Å². The highest BCUT2D eigenvalue weighted by Gasteiger charge is 2.24. The van der Waals surface area contributed by atoms with Gasteiger partial charge in [0.15, 0.2) is 0 Å². The van der Waals surface area contributed by atoms with E-state index in [0.717, 1.165) is 18.4 Å². The molecule has 0 aliphatic rings. The Hall–Kier alpha value is -0.0400. The zero-order valence-corrected chi connectivity index (χ0v) is 11.1. The molecule has 14 heavy (non-hydrogen) atoms. The first kappa shape index (κ1) is 14.0. The fraction of sp³-hybridized carbons (Fsp3) is 1.00. The molecule has 0 saturated heterocycles. The minimum Gasteiger partial charge on any atom is -0.314 e. The van der Waals surface area contributed by atoms with Crippen molar-refractivity contribution >= 4 is 0 Å². The molecular weight excluding hydrogens is 170 g/mol. The fourth-order valence-corrected chi connectivity index (χ4v) is 1.59. The molecule has 0 rings (SSSR count). The molecule has 0 spiro atoms. The molecule has 0 amide bonds. The highest BCUT2D eigenvalue weighted by atomic mass is 14.9. The molecule has 0 aromatic rings. The highest BCUT2D eigenvalue weighted by Crippen LogP contribution is 2.30. The van der Waals surface area contributed by atoms with E-state index in [4.69, 9.17) is 0 Å². The smallest absolute Gasteiger partial charge is 0.00926 e. The van der Waals surface area contributed by atoms with Gasteiger partial charge in [0.05, 0.1) is 0 Å². The second-order valence-corrected chi connectivity index (χ2v) is 5.91. The summed E-state index contributed by atoms with van der Waals surface area (Å²) in [7, 11) is 0. The van der Waals surface area contributed by atoms with Crippen LogP contribution in [0.15, 0.2) is 0 Å². The predicted molar refractivity (Wildman–Crippen MR) is 65.5 cm³/mol. The van der Waals surface area contributed by atoms with Gasteiger partial charge in [0, 0.05) is 6.04 Å². The Kier molecular flexibility index (Phi) is 5.73. The molecule has 0 fully saturated rings. The minimum atomic E-state index is 0.433. The molecule has 0 aromatic heterocycles. The Balaban J connectivity index is 4.16. The van der Waals surface area contributed by atoms with Gasteiger partial charge in [0.1, 0.15) is 0 Å². The van der Waals surface area contributed by atoms with Crippen molar-refractivity contribution in [3.05, 3.63) is 0 Å². The van der Waals surface area contributed by atoms with Gasteiger partial charge in [0.2, 0.25) is 0 Å². The average molecular weight is 199 g/mol. The van der Waals surface area contributed by atoms with Crippen LogP contribution >= 0.6 is 0 Å². The average Bonchev–Trinajstić information content (AvgIpc) is 2.01. The lowest BCUT2D eigenvalue weighted by Crippen LogP contribution is -2.37. The normalized spacial score (nSPS) is 17.1. The summed E-state index contributed by atoms with van der Waals surface area (Å²) in [4.78, 5) is 0. The van der Waals surface area contributed by atoms with Crippen molar-refractivity contribution in [1.82, 2.24) is 5.32 Å². The van der Waals surface area contributed by atoms with E-state index in [1.807, 2.05) is 0 Å². The van der Waals surface area contributed by atoms with E-state index < -0.39 is 0 Å². The lowest BCUT2D eigenvalue weighted by Gasteiger charge is -2.32. The van der Waals surface area contributed by atoms with E-state index in [2.05, 4.69) is 53.8 Å². The molecule has 0 aromatic carbocycles. The van der Waals surface area contributed by atoms with Gasteiger partial charge in [-0.3, -0.25) is 0 Å². The SMILES string of the molecule is CCNC(CC(C)C(C)(C)C)C(C)C. The van der Waals surface area contributed by atoms with E-state index in [9.17, 15) is 0 Å². The van der Waals surface area contributed by atoms with Crippen LogP contribution in [0.5, 0.6) is 0 Å². The van der Waals surface area contributed by atoms with Crippen LogP contribution in [0.3, 0.4) is 0 Å². The van der Waals surface area contributed by atoms with Crippen molar-refractivity contribution in [1.29, 1.82) is 0 Å². The van der Waals surface area contributed by atoms with Crippen molar-refractivity contribution in [3.63, 3.8) is 0 Å². The zero-order chi connectivity index (χ0) is 11.4. The lowest BCUT2D eigenvalue weighted by atomic mass is 9.77. The fourth-order valence-electron chi connectivity index (χ4n) is 1.59. The molecule has 2 atom stereocenters. The van der Waals surface area contributed by atoms with Crippen molar-refractivity contribution in [3.8, 4) is 0 Å². The van der Waals surface area contributed by atoms with E-state index in [-0.39, 0.29) is 0 Å². The van der Waals surface area contributed by atoms with Gasteiger partial charge < -0.3 is 5.32 Å². The van der Waals surface area contributed by atoms with Crippen LogP contribution in [-0.4, -0.2) is 12.6 Å². The van der Waals surface area contributed by atoms with Crippen LogP contribution in [-0.2, 0) is 0 Å². The van der Waals surface area contributed by atoms with Crippen molar-refractivity contribution < 1.29 is 0 Å². The Morgan fingerprint density at radius 3 is 1.86 bits per heavy atom. The Labute approximate surface area is 90.7 Å². The standard InChI is InChI=1S/C13H29N/c1-8-14-12(10(2)3)9-11(4)13(5,6)7/h10-12,14H,8-9H2,1-7H3. The number of rotatable bonds is 5. The predicted octanol–water partition coefficient (Wildman–Crippen LogP) is 3.69. The summed E-state index contributed by atoms with van der Waals surface area (Å²) < 4.78 is 0. The third-order valence-electron chi connectivity index (χ3n) is 3.36. The lowest BCUT2D eigenvalue weighted by molar-refractivity contribution is 0.206. The summed E-state index contributed by atoms with van der Waals surface area (Å²) in [5, 5.41) is 3.59. The summed E-state index contributed by atoms with van der Waals surface area (Å²) in [6, 6.07) is 0.675. The van der Waals surface area contributed by atoms with Crippen LogP contribution in [0.2, 0.25) is 0 Å². The first-order valence-electron chi connectivity index (χ1n) is 6.02. The number of hydrogen-bond donors (Lipinski definition) is 1. The summed E-state index contributed by atoms with van der Waals surface area (Å²) >= 11 is 0. The van der Waals surface area contributed by atoms with Crippen LogP contribution in [0.1, 0.15) is 54.9 Å². The van der Waals surface area contributed by atoms with Crippen molar-refractivity contribution in [2.24, 2.45) is 17.3 Å². The molecule has 1 heteroatoms. The first-order valence-corrected chi connectivity index (χ1v) is 6.02. The van der Waals surface area contributed by atoms with Gasteiger partial charge in [-0.25, -0.2) is 0 Å².